The average Bonchev–Trinajstić information content (AvgIpc) is 2.80. The topological polar surface area (TPSA) is 43.8 Å². The highest BCUT2D eigenvalue weighted by molar-refractivity contribution is 14.1. The third-order valence-corrected chi connectivity index (χ3v) is 3.69. The van der Waals surface area contributed by atoms with Crippen molar-refractivity contribution in [3.63, 3.8) is 0 Å². The van der Waals surface area contributed by atoms with Crippen LogP contribution in [0.2, 0.25) is 0 Å². The van der Waals surface area contributed by atoms with E-state index in [1.54, 1.807) is 0 Å². The number of halogens is 5. The molecule has 0 aliphatic heterocycles. The van der Waals surface area contributed by atoms with E-state index in [4.69, 9.17) is 5.73 Å². The van der Waals surface area contributed by atoms with E-state index in [1.807, 2.05) is 0 Å². The first-order chi connectivity index (χ1) is 10.7. The molecule has 1 aromatic carbocycles. The zero-order chi connectivity index (χ0) is 17.2. The van der Waals surface area contributed by atoms with Gasteiger partial charge in [0.25, 0.3) is 0 Å². The van der Waals surface area contributed by atoms with Gasteiger partial charge in [-0.15, -0.1) is 0 Å². The van der Waals surface area contributed by atoms with Crippen LogP contribution in [0, 0.1) is 0 Å². The molecule has 0 aliphatic carbocycles. The fourth-order valence-electron chi connectivity index (χ4n) is 1.95. The molecular weight excluding hydrogens is 425 g/mol. The maximum absolute atomic E-state index is 13.4. The van der Waals surface area contributed by atoms with Gasteiger partial charge in [0.15, 0.2) is 11.7 Å². The van der Waals surface area contributed by atoms with Crippen LogP contribution in [0.3, 0.4) is 0 Å². The Bertz CT molecular complexity index is 803. The van der Waals surface area contributed by atoms with E-state index in [0.717, 1.165) is 34.7 Å². The number of hydrogen-bond donors (Lipinski definition) is 1. The van der Waals surface area contributed by atoms with Crippen LogP contribution in [0.15, 0.2) is 54.7 Å². The molecule has 0 aliphatic rings. The quantitative estimate of drug-likeness (QED) is 0.310. The van der Waals surface area contributed by atoms with E-state index in [9.17, 15) is 17.6 Å². The van der Waals surface area contributed by atoms with Crippen LogP contribution in [0.1, 0.15) is 5.56 Å². The summed E-state index contributed by atoms with van der Waals surface area (Å²) >= 11 is 1.03. The van der Waals surface area contributed by atoms with Crippen molar-refractivity contribution in [3.8, 4) is 0 Å². The number of benzene rings is 1. The number of hydrogen-bond acceptors (Lipinski definition) is 2. The molecule has 0 saturated carbocycles. The molecule has 122 valence electrons. The van der Waals surface area contributed by atoms with Gasteiger partial charge >= 0.3 is 3.93 Å². The summed E-state index contributed by atoms with van der Waals surface area (Å²) in [7, 11) is 0. The molecule has 1 heterocycles. The third-order valence-electron chi connectivity index (χ3n) is 3.06. The average molecular weight is 437 g/mol. The van der Waals surface area contributed by atoms with Crippen LogP contribution < -0.4 is 5.73 Å². The van der Waals surface area contributed by atoms with Crippen LogP contribution in [-0.4, -0.2) is 9.55 Å². The number of aromatic nitrogens is 2. The van der Waals surface area contributed by atoms with Gasteiger partial charge in [-0.3, -0.25) is 0 Å². The lowest BCUT2D eigenvalue weighted by atomic mass is 10.2. The Balaban J connectivity index is 2.39. The van der Waals surface area contributed by atoms with Crippen molar-refractivity contribution in [1.29, 1.82) is 0 Å². The first-order valence-corrected chi connectivity index (χ1v) is 7.49. The summed E-state index contributed by atoms with van der Waals surface area (Å²) in [5, 5.41) is 0. The van der Waals surface area contributed by atoms with Gasteiger partial charge < -0.3 is 10.3 Å². The lowest BCUT2D eigenvalue weighted by Gasteiger charge is -2.09. The fraction of sp³-hybridized carbons (Fsp3) is 0.133. The first kappa shape index (κ1) is 17.5. The van der Waals surface area contributed by atoms with Crippen LogP contribution in [-0.2, 0) is 10.5 Å². The fourth-order valence-corrected chi connectivity index (χ4v) is 2.28. The summed E-state index contributed by atoms with van der Waals surface area (Å²) in [6.45, 7) is 3.17. The number of imidazole rings is 1. The molecule has 2 aromatic rings. The van der Waals surface area contributed by atoms with E-state index in [1.165, 1.54) is 28.8 Å². The third kappa shape index (κ3) is 3.92. The SMILES string of the molecule is C=C/C(F)=C(F)\C=C/Cn1c(N)nc2ccc(C(F)(F)I)cc21. The number of nitrogens with two attached hydrogens (primary N) is 1. The van der Waals surface area contributed by atoms with E-state index in [-0.39, 0.29) is 18.1 Å². The van der Waals surface area contributed by atoms with Gasteiger partial charge in [-0.1, -0.05) is 12.7 Å². The van der Waals surface area contributed by atoms with Crippen LogP contribution in [0.25, 0.3) is 11.0 Å². The summed E-state index contributed by atoms with van der Waals surface area (Å²) < 4.78 is 51.4. The van der Waals surface area contributed by atoms with Gasteiger partial charge in [-0.2, -0.15) is 8.78 Å². The smallest absolute Gasteiger partial charge is 0.321 e. The van der Waals surface area contributed by atoms with Crippen LogP contribution in [0.4, 0.5) is 23.5 Å². The Hall–Kier alpha value is -1.84. The molecule has 0 radical (unpaired) electrons. The first-order valence-electron chi connectivity index (χ1n) is 6.41. The van der Waals surface area contributed by atoms with Crippen molar-refractivity contribution in [2.45, 2.75) is 10.5 Å². The molecule has 2 rings (SSSR count). The number of alkyl halides is 3. The molecular formula is C15H12F4IN3. The maximum atomic E-state index is 13.4. The van der Waals surface area contributed by atoms with Crippen molar-refractivity contribution < 1.29 is 17.6 Å². The van der Waals surface area contributed by atoms with Crippen molar-refractivity contribution in [1.82, 2.24) is 9.55 Å². The minimum absolute atomic E-state index is 0.0520. The van der Waals surface area contributed by atoms with Gasteiger partial charge in [0.05, 0.1) is 11.0 Å². The second kappa shape index (κ2) is 6.73. The molecule has 23 heavy (non-hydrogen) atoms. The normalized spacial score (nSPS) is 13.6. The second-order valence-corrected chi connectivity index (χ2v) is 5.94. The predicted octanol–water partition coefficient (Wildman–Crippen LogP) is 5.00. The zero-order valence-electron chi connectivity index (χ0n) is 11.7. The molecule has 0 bridgehead atoms. The van der Waals surface area contributed by atoms with Crippen LogP contribution >= 0.6 is 22.6 Å². The molecule has 8 heteroatoms. The van der Waals surface area contributed by atoms with Crippen molar-refractivity contribution in [2.24, 2.45) is 0 Å². The minimum atomic E-state index is -3.03. The van der Waals surface area contributed by atoms with Gasteiger partial charge in [0, 0.05) is 34.7 Å². The zero-order valence-corrected chi connectivity index (χ0v) is 13.9. The maximum Gasteiger partial charge on any atom is 0.321 e. The second-order valence-electron chi connectivity index (χ2n) is 4.58. The predicted molar refractivity (Wildman–Crippen MR) is 90.6 cm³/mol. The van der Waals surface area contributed by atoms with E-state index < -0.39 is 15.6 Å². The van der Waals surface area contributed by atoms with Crippen molar-refractivity contribution >= 4 is 39.6 Å². The highest BCUT2D eigenvalue weighted by Gasteiger charge is 2.27. The molecule has 0 unspecified atom stereocenters. The van der Waals surface area contributed by atoms with Gasteiger partial charge in [-0.05, 0) is 30.4 Å². The van der Waals surface area contributed by atoms with Crippen molar-refractivity contribution in [2.75, 3.05) is 5.73 Å². The number of rotatable bonds is 5. The van der Waals surface area contributed by atoms with E-state index in [0.29, 0.717) is 11.0 Å². The number of nitrogen functional groups attached to an aromatic ring is 1. The molecule has 0 spiro atoms. The van der Waals surface area contributed by atoms with Gasteiger partial charge in [-0.25, -0.2) is 13.8 Å². The van der Waals surface area contributed by atoms with Crippen molar-refractivity contribution in [3.05, 3.63) is 60.2 Å². The van der Waals surface area contributed by atoms with Gasteiger partial charge in [0.1, 0.15) is 0 Å². The molecule has 0 atom stereocenters. The summed E-state index contributed by atoms with van der Waals surface area (Å²) in [5.41, 5.74) is 6.38. The molecule has 0 amide bonds. The Morgan fingerprint density at radius 2 is 2.04 bits per heavy atom. The van der Waals surface area contributed by atoms with Gasteiger partial charge in [0.2, 0.25) is 5.95 Å². The number of allylic oxidation sites excluding steroid dienone is 5. The minimum Gasteiger partial charge on any atom is -0.369 e. The Labute approximate surface area is 143 Å². The molecule has 2 N–H and O–H groups in total. The van der Waals surface area contributed by atoms with E-state index in [2.05, 4.69) is 11.6 Å². The molecule has 0 fully saturated rings. The number of nitrogens with zero attached hydrogens (tertiary/aromatic N) is 2. The summed E-state index contributed by atoms with van der Waals surface area (Å²) in [5.74, 6) is -2.08. The Morgan fingerprint density at radius 3 is 2.65 bits per heavy atom. The largest absolute Gasteiger partial charge is 0.369 e. The monoisotopic (exact) mass is 437 g/mol. The summed E-state index contributed by atoms with van der Waals surface area (Å²) in [6, 6.07) is 3.98. The lowest BCUT2D eigenvalue weighted by molar-refractivity contribution is 0.127. The highest BCUT2D eigenvalue weighted by atomic mass is 127. The summed E-state index contributed by atoms with van der Waals surface area (Å²) in [6.07, 6.45) is 2.97. The molecule has 1 aromatic heterocycles. The standard InChI is InChI=1S/C15H12F4IN3/c1-2-10(16)11(17)4-3-7-23-13-8-9(15(18,19)20)5-6-12(13)22-14(23)21/h2-6,8H,1,7H2,(H2,21,22)/b4-3-,11-10-. The Kier molecular flexibility index (Phi) is 5.12. The highest BCUT2D eigenvalue weighted by Crippen LogP contribution is 2.36. The van der Waals surface area contributed by atoms with Crippen LogP contribution in [0.5, 0.6) is 0 Å². The summed E-state index contributed by atoms with van der Waals surface area (Å²) in [4.78, 5) is 4.05. The van der Waals surface area contributed by atoms with E-state index >= 15 is 0 Å². The number of fused-ring (bicyclic) bond motifs is 1. The Morgan fingerprint density at radius 1 is 1.35 bits per heavy atom. The lowest BCUT2D eigenvalue weighted by Crippen LogP contribution is -2.04. The molecule has 0 saturated heterocycles. The number of anilines is 1. The molecule has 3 nitrogen and oxygen atoms in total.